The highest BCUT2D eigenvalue weighted by atomic mass is 35.5. The van der Waals surface area contributed by atoms with E-state index >= 15 is 0 Å². The Labute approximate surface area is 726 Å². The highest BCUT2D eigenvalue weighted by molar-refractivity contribution is 7.27. The number of fused-ring (bicyclic) bond motifs is 13. The predicted molar refractivity (Wildman–Crippen MR) is 524 cm³/mol. The third-order valence-electron chi connectivity index (χ3n) is 21.3. The molecule has 0 fully saturated rings. The molecule has 18 aromatic carbocycles. The molecule has 0 atom stereocenters. The standard InChI is InChI=1S/C30H20ClNS.C28H18ClNS.C25H18ClNS.C24H16ClNS/c31-23-13-17-27-28-20-26(16-18-29(28)33-30(27)19-23)32(24-9-5-2-6-10-24)25-14-11-22(12-15-25)21-7-3-1-4-8-21;29-20-13-15-24-25-18-22(14-16-27(25)31-28(24)17-20)30(21-9-2-1-3-10-21)26-12-6-8-19-7-4-5-11-23(19)26;1-17-7-10-20(11-8-17)27(19-5-3-2-4-6-19)21-12-14-24-23(16-21)22-13-9-18(26)15-25(22)28-24;25-17-11-13-21-22-16-20(12-14-23(22)27-24(21)15-17)26(18-7-3-1-4-8-18)19-9-5-2-6-10-19/h1-20H;1-18H;2-16H,1H3;1-16H. The van der Waals surface area contributed by atoms with Crippen molar-refractivity contribution in [2.45, 2.75) is 6.92 Å². The molecule has 4 nitrogen and oxygen atoms in total. The zero-order valence-electron chi connectivity index (χ0n) is 64.3. The number of hydrogen-bond acceptors (Lipinski definition) is 8. The normalized spacial score (nSPS) is 11.2. The Morgan fingerprint density at radius 3 is 0.782 bits per heavy atom. The van der Waals surface area contributed by atoms with Crippen molar-refractivity contribution in [3.63, 3.8) is 0 Å². The van der Waals surface area contributed by atoms with Crippen LogP contribution in [0.1, 0.15) is 5.56 Å². The van der Waals surface area contributed by atoms with E-state index in [0.29, 0.717) is 0 Å². The summed E-state index contributed by atoms with van der Waals surface area (Å²) in [6, 6.07) is 147. The van der Waals surface area contributed by atoms with Crippen LogP contribution in [0.15, 0.2) is 419 Å². The maximum atomic E-state index is 6.24. The summed E-state index contributed by atoms with van der Waals surface area (Å²) in [5, 5.41) is 15.6. The maximum Gasteiger partial charge on any atom is 0.0540 e. The molecule has 22 rings (SSSR count). The number of nitrogens with zero attached hydrogens (tertiary/aromatic N) is 4. The van der Waals surface area contributed by atoms with Gasteiger partial charge in [-0.2, -0.15) is 0 Å². The minimum absolute atomic E-state index is 0.777. The molecule has 0 aliphatic heterocycles. The molecule has 0 bridgehead atoms. The van der Waals surface area contributed by atoms with E-state index in [-0.39, 0.29) is 0 Å². The van der Waals surface area contributed by atoms with E-state index in [2.05, 4.69) is 397 Å². The first-order valence-corrected chi connectivity index (χ1v) is 43.9. The van der Waals surface area contributed by atoms with Gasteiger partial charge in [0.15, 0.2) is 0 Å². The maximum absolute atomic E-state index is 6.24. The molecule has 0 spiro atoms. The van der Waals surface area contributed by atoms with Gasteiger partial charge in [-0.1, -0.05) is 258 Å². The van der Waals surface area contributed by atoms with Gasteiger partial charge in [0, 0.05) is 169 Å². The number of aryl methyl sites for hydroxylation is 1. The van der Waals surface area contributed by atoms with E-state index in [1.807, 2.05) is 48.5 Å². The lowest BCUT2D eigenvalue weighted by atomic mass is 10.0. The third-order valence-corrected chi connectivity index (χ3v) is 26.8. The SMILES string of the molecule is Cc1ccc(N(c2ccccc2)c2ccc3sc4cc(Cl)ccc4c3c2)cc1.Clc1ccc2c(c1)sc1ccc(N(c3ccccc3)c3ccc(-c4ccccc4)cc3)cc12.Clc1ccc2c(c1)sc1ccc(N(c3ccccc3)c3cccc4ccccc34)cc12.Clc1ccc2c(c1)sc1ccc(N(c3ccccc3)c3ccccc3)cc12. The monoisotopic (exact) mass is 1680 g/mol. The van der Waals surface area contributed by atoms with Crippen LogP contribution in [0.2, 0.25) is 20.1 Å². The van der Waals surface area contributed by atoms with Crippen LogP contribution >= 0.6 is 91.8 Å². The molecule has 119 heavy (non-hydrogen) atoms. The summed E-state index contributed by atoms with van der Waals surface area (Å²) in [7, 11) is 0. The molecule has 4 aromatic heterocycles. The number of halogens is 4. The molecule has 0 aliphatic carbocycles. The lowest BCUT2D eigenvalue weighted by Gasteiger charge is -2.27. The van der Waals surface area contributed by atoms with Crippen molar-refractivity contribution in [2.24, 2.45) is 0 Å². The topological polar surface area (TPSA) is 13.0 Å². The Morgan fingerprint density at radius 2 is 0.437 bits per heavy atom. The largest absolute Gasteiger partial charge is 0.310 e. The van der Waals surface area contributed by atoms with E-state index < -0.39 is 0 Å². The second-order valence-corrected chi connectivity index (χ2v) is 35.0. The second-order valence-electron chi connectivity index (χ2n) is 29.0. The fraction of sp³-hybridized carbons (Fsp3) is 0.00935. The zero-order chi connectivity index (χ0) is 80.3. The van der Waals surface area contributed by atoms with Crippen molar-refractivity contribution in [2.75, 3.05) is 19.6 Å². The van der Waals surface area contributed by atoms with E-state index in [0.717, 1.165) is 82.7 Å². The van der Waals surface area contributed by atoms with Crippen molar-refractivity contribution in [3.05, 3.63) is 444 Å². The molecule has 22 aromatic rings. The molecule has 0 aliphatic rings. The summed E-state index contributed by atoms with van der Waals surface area (Å²) in [5.41, 5.74) is 17.4. The molecule has 0 unspecified atom stereocenters. The molecule has 0 saturated carbocycles. The number of para-hydroxylation sites is 5. The van der Waals surface area contributed by atoms with Crippen LogP contribution in [0.4, 0.5) is 68.2 Å². The van der Waals surface area contributed by atoms with Gasteiger partial charge in [0.1, 0.15) is 0 Å². The lowest BCUT2D eigenvalue weighted by molar-refractivity contribution is 1.28. The Balaban J connectivity index is 0.000000105. The van der Waals surface area contributed by atoms with Gasteiger partial charge in [0.25, 0.3) is 0 Å². The van der Waals surface area contributed by atoms with Crippen LogP contribution in [0.3, 0.4) is 0 Å². The zero-order valence-corrected chi connectivity index (χ0v) is 70.6. The first kappa shape index (κ1) is 76.4. The van der Waals surface area contributed by atoms with Crippen molar-refractivity contribution >= 4 is 251 Å². The lowest BCUT2D eigenvalue weighted by Crippen LogP contribution is -2.10. The summed E-state index contributed by atoms with van der Waals surface area (Å²) in [6.45, 7) is 2.12. The Bertz CT molecular complexity index is 7330. The van der Waals surface area contributed by atoms with Crippen LogP contribution in [0, 0.1) is 6.92 Å². The van der Waals surface area contributed by atoms with Gasteiger partial charge < -0.3 is 19.6 Å². The smallest absolute Gasteiger partial charge is 0.0540 e. The first-order chi connectivity index (χ1) is 58.5. The van der Waals surface area contributed by atoms with E-state index in [9.17, 15) is 0 Å². The molecule has 0 amide bonds. The molecule has 0 radical (unpaired) electrons. The van der Waals surface area contributed by atoms with E-state index in [1.165, 1.54) is 114 Å². The fourth-order valence-corrected chi connectivity index (χ4v) is 21.1. The summed E-state index contributed by atoms with van der Waals surface area (Å²) in [4.78, 5) is 9.26. The molecular formula is C107H72Cl4N4S4. The van der Waals surface area contributed by atoms with Crippen molar-refractivity contribution in [1.29, 1.82) is 0 Å². The molecule has 572 valence electrons. The number of hydrogen-bond donors (Lipinski definition) is 0. The number of thiophene rings is 4. The fourth-order valence-electron chi connectivity index (χ4n) is 15.7. The molecule has 4 heterocycles. The minimum Gasteiger partial charge on any atom is -0.310 e. The number of rotatable bonds is 13. The summed E-state index contributed by atoms with van der Waals surface area (Å²) in [6.07, 6.45) is 0. The van der Waals surface area contributed by atoms with Crippen LogP contribution in [-0.4, -0.2) is 0 Å². The van der Waals surface area contributed by atoms with E-state index in [4.69, 9.17) is 46.4 Å². The predicted octanol–water partition coefficient (Wildman–Crippen LogP) is 35.8. The van der Waals surface area contributed by atoms with Gasteiger partial charge in [-0.3, -0.25) is 0 Å². The quantitative estimate of drug-likeness (QED) is 0.114. The Hall–Kier alpha value is -12.5. The highest BCUT2D eigenvalue weighted by Crippen LogP contribution is 2.48. The molecular weight excluding hydrogens is 1610 g/mol. The number of anilines is 12. The minimum atomic E-state index is 0.777. The van der Waals surface area contributed by atoms with Crippen molar-refractivity contribution in [1.82, 2.24) is 0 Å². The summed E-state index contributed by atoms with van der Waals surface area (Å²) in [5.74, 6) is 0. The van der Waals surface area contributed by atoms with Crippen LogP contribution in [0.25, 0.3) is 103 Å². The van der Waals surface area contributed by atoms with Crippen LogP contribution < -0.4 is 19.6 Å². The van der Waals surface area contributed by atoms with Gasteiger partial charge >= 0.3 is 0 Å². The van der Waals surface area contributed by atoms with Crippen molar-refractivity contribution < 1.29 is 0 Å². The third kappa shape index (κ3) is 16.1. The van der Waals surface area contributed by atoms with Crippen LogP contribution in [-0.2, 0) is 0 Å². The molecule has 0 N–H and O–H groups in total. The Kier molecular flexibility index (Phi) is 22.0. The van der Waals surface area contributed by atoms with Crippen molar-refractivity contribution in [3.8, 4) is 11.1 Å². The van der Waals surface area contributed by atoms with Gasteiger partial charge in [0.2, 0.25) is 0 Å². The van der Waals surface area contributed by atoms with Gasteiger partial charge in [-0.15, -0.1) is 45.3 Å². The summed E-state index contributed by atoms with van der Waals surface area (Å²) < 4.78 is 9.97. The molecule has 0 saturated heterocycles. The van der Waals surface area contributed by atoms with Gasteiger partial charge in [0.05, 0.1) is 5.69 Å². The number of benzene rings is 18. The van der Waals surface area contributed by atoms with E-state index in [1.54, 1.807) is 45.3 Å². The van der Waals surface area contributed by atoms with Gasteiger partial charge in [-0.05, 0) is 236 Å². The van der Waals surface area contributed by atoms with Gasteiger partial charge in [-0.25, -0.2) is 0 Å². The van der Waals surface area contributed by atoms with Crippen LogP contribution in [0.5, 0.6) is 0 Å². The second kappa shape index (κ2) is 34.2. The molecule has 12 heteroatoms. The average molecular weight is 1680 g/mol. The Morgan fingerprint density at radius 1 is 0.176 bits per heavy atom. The first-order valence-electron chi connectivity index (χ1n) is 39.2. The average Bonchev–Trinajstić information content (AvgIpc) is 1.72. The highest BCUT2D eigenvalue weighted by Gasteiger charge is 2.22. The summed E-state index contributed by atoms with van der Waals surface area (Å²) >= 11 is 32.0.